The molecule has 0 bridgehead atoms. The Kier molecular flexibility index (Phi) is 2.35. The van der Waals surface area contributed by atoms with Crippen LogP contribution >= 0.6 is 0 Å². The smallest absolute Gasteiger partial charge is 0.337 e. The monoisotopic (exact) mass is 216 g/mol. The largest absolute Gasteiger partial charge is 0.479 e. The topological polar surface area (TPSA) is 97.1 Å². The maximum atomic E-state index is 10.6. The lowest BCUT2D eigenvalue weighted by atomic mass is 10.1. The van der Waals surface area contributed by atoms with Gasteiger partial charge in [0.15, 0.2) is 6.10 Å². The summed E-state index contributed by atoms with van der Waals surface area (Å²) < 4.78 is 0. The van der Waals surface area contributed by atoms with E-state index in [0.717, 1.165) is 0 Å². The van der Waals surface area contributed by atoms with Crippen LogP contribution in [-0.2, 0) is 4.79 Å². The first-order valence-corrected chi connectivity index (χ1v) is 4.55. The van der Waals surface area contributed by atoms with Crippen molar-refractivity contribution in [2.24, 2.45) is 0 Å². The molecule has 2 rings (SSSR count). The number of hydrogen-bond acceptors (Lipinski definition) is 3. The molecule has 3 N–H and O–H groups in total. The molecule has 5 nitrogen and oxygen atoms in total. The standard InChI is InChI=1S/C11H8N2O3/c12-4-6-1-2-7-8(10(14)11(15)16)5-13-9(7)3-6/h1-3,5,10,13-14H,(H,15,16). The zero-order valence-electron chi connectivity index (χ0n) is 8.14. The summed E-state index contributed by atoms with van der Waals surface area (Å²) in [6.07, 6.45) is -0.119. The number of carboxylic acid groups (broad SMARTS) is 1. The van der Waals surface area contributed by atoms with Crippen LogP contribution in [0, 0.1) is 11.3 Å². The molecular formula is C11H8N2O3. The molecule has 0 fully saturated rings. The molecule has 1 unspecified atom stereocenters. The van der Waals surface area contributed by atoms with Gasteiger partial charge in [0.25, 0.3) is 0 Å². The lowest BCUT2D eigenvalue weighted by Gasteiger charge is -2.02. The number of carboxylic acids is 1. The molecule has 0 amide bonds. The van der Waals surface area contributed by atoms with Crippen LogP contribution in [0.1, 0.15) is 17.2 Å². The SMILES string of the molecule is N#Cc1ccc2c(C(O)C(=O)O)c[nH]c2c1. The Morgan fingerprint density at radius 1 is 1.50 bits per heavy atom. The van der Waals surface area contributed by atoms with Gasteiger partial charge in [0.2, 0.25) is 0 Å². The molecule has 0 radical (unpaired) electrons. The second kappa shape index (κ2) is 3.68. The molecular weight excluding hydrogens is 208 g/mol. The van der Waals surface area contributed by atoms with Crippen molar-refractivity contribution in [3.05, 3.63) is 35.5 Å². The molecule has 0 aliphatic heterocycles. The lowest BCUT2D eigenvalue weighted by Crippen LogP contribution is -2.09. The highest BCUT2D eigenvalue weighted by molar-refractivity contribution is 5.89. The number of aromatic nitrogens is 1. The Bertz CT molecular complexity index is 595. The number of aliphatic carboxylic acids is 1. The summed E-state index contributed by atoms with van der Waals surface area (Å²) in [5.41, 5.74) is 1.41. The maximum Gasteiger partial charge on any atom is 0.337 e. The van der Waals surface area contributed by atoms with E-state index in [4.69, 9.17) is 10.4 Å². The average Bonchev–Trinajstić information content (AvgIpc) is 2.70. The fourth-order valence-electron chi connectivity index (χ4n) is 1.58. The van der Waals surface area contributed by atoms with E-state index in [1.165, 1.54) is 6.20 Å². The van der Waals surface area contributed by atoms with Crippen LogP contribution in [-0.4, -0.2) is 21.2 Å². The second-order valence-corrected chi connectivity index (χ2v) is 3.36. The second-order valence-electron chi connectivity index (χ2n) is 3.36. The number of nitriles is 1. The first kappa shape index (κ1) is 10.2. The summed E-state index contributed by atoms with van der Waals surface area (Å²) in [6.45, 7) is 0. The minimum absolute atomic E-state index is 0.298. The number of aliphatic hydroxyl groups is 1. The van der Waals surface area contributed by atoms with Gasteiger partial charge in [-0.05, 0) is 12.1 Å². The third-order valence-corrected chi connectivity index (χ3v) is 2.37. The van der Waals surface area contributed by atoms with E-state index in [1.54, 1.807) is 18.2 Å². The Labute approximate surface area is 90.6 Å². The van der Waals surface area contributed by atoms with Crippen molar-refractivity contribution >= 4 is 16.9 Å². The van der Waals surface area contributed by atoms with Gasteiger partial charge in [0.1, 0.15) is 0 Å². The van der Waals surface area contributed by atoms with Crippen molar-refractivity contribution in [3.8, 4) is 6.07 Å². The Morgan fingerprint density at radius 2 is 2.25 bits per heavy atom. The third-order valence-electron chi connectivity index (χ3n) is 2.37. The van der Waals surface area contributed by atoms with Crippen molar-refractivity contribution in [2.75, 3.05) is 0 Å². The average molecular weight is 216 g/mol. The Morgan fingerprint density at radius 3 is 2.88 bits per heavy atom. The number of benzene rings is 1. The molecule has 1 aromatic heterocycles. The Hall–Kier alpha value is -2.32. The molecule has 5 heteroatoms. The predicted octanol–water partition coefficient (Wildman–Crippen LogP) is 1.16. The first-order chi connectivity index (χ1) is 7.63. The van der Waals surface area contributed by atoms with Gasteiger partial charge in [-0.25, -0.2) is 4.79 Å². The summed E-state index contributed by atoms with van der Waals surface area (Å²) in [5, 5.41) is 27.4. The van der Waals surface area contributed by atoms with E-state index in [-0.39, 0.29) is 0 Å². The molecule has 1 aromatic carbocycles. The van der Waals surface area contributed by atoms with Crippen LogP contribution in [0.4, 0.5) is 0 Å². The maximum absolute atomic E-state index is 10.6. The molecule has 0 saturated carbocycles. The van der Waals surface area contributed by atoms with Crippen molar-refractivity contribution in [2.45, 2.75) is 6.10 Å². The number of H-pyrrole nitrogens is 1. The first-order valence-electron chi connectivity index (χ1n) is 4.55. The summed E-state index contributed by atoms with van der Waals surface area (Å²) >= 11 is 0. The summed E-state index contributed by atoms with van der Waals surface area (Å²) in [6, 6.07) is 6.78. The lowest BCUT2D eigenvalue weighted by molar-refractivity contribution is -0.146. The zero-order chi connectivity index (χ0) is 11.7. The number of rotatable bonds is 2. The van der Waals surface area contributed by atoms with Crippen LogP contribution in [0.3, 0.4) is 0 Å². The van der Waals surface area contributed by atoms with Crippen molar-refractivity contribution in [1.29, 1.82) is 5.26 Å². The van der Waals surface area contributed by atoms with E-state index in [1.807, 2.05) is 6.07 Å². The highest BCUT2D eigenvalue weighted by Gasteiger charge is 2.19. The van der Waals surface area contributed by atoms with Crippen LogP contribution in [0.5, 0.6) is 0 Å². The molecule has 1 heterocycles. The number of aromatic amines is 1. The van der Waals surface area contributed by atoms with Gasteiger partial charge in [-0.1, -0.05) is 6.07 Å². The van der Waals surface area contributed by atoms with E-state index in [2.05, 4.69) is 4.98 Å². The number of carbonyl (C=O) groups is 1. The van der Waals surface area contributed by atoms with Gasteiger partial charge in [-0.3, -0.25) is 0 Å². The molecule has 80 valence electrons. The van der Waals surface area contributed by atoms with Crippen molar-refractivity contribution < 1.29 is 15.0 Å². The zero-order valence-corrected chi connectivity index (χ0v) is 8.14. The van der Waals surface area contributed by atoms with Crippen molar-refractivity contribution in [3.63, 3.8) is 0 Å². The number of aliphatic hydroxyl groups excluding tert-OH is 1. The van der Waals surface area contributed by atoms with Gasteiger partial charge < -0.3 is 15.2 Å². The van der Waals surface area contributed by atoms with E-state index >= 15 is 0 Å². The minimum Gasteiger partial charge on any atom is -0.479 e. The number of fused-ring (bicyclic) bond motifs is 1. The predicted molar refractivity (Wildman–Crippen MR) is 55.6 cm³/mol. The Balaban J connectivity index is 2.59. The molecule has 0 spiro atoms. The van der Waals surface area contributed by atoms with Crippen LogP contribution in [0.15, 0.2) is 24.4 Å². The molecule has 0 aliphatic rings. The van der Waals surface area contributed by atoms with Crippen molar-refractivity contribution in [1.82, 2.24) is 4.98 Å². The molecule has 16 heavy (non-hydrogen) atoms. The van der Waals surface area contributed by atoms with Crippen LogP contribution < -0.4 is 0 Å². The van der Waals surface area contributed by atoms with Gasteiger partial charge >= 0.3 is 5.97 Å². The summed E-state index contributed by atoms with van der Waals surface area (Å²) in [4.78, 5) is 13.5. The normalized spacial score (nSPS) is 12.2. The third kappa shape index (κ3) is 1.51. The molecule has 0 saturated heterocycles. The molecule has 2 aromatic rings. The van der Waals surface area contributed by atoms with Gasteiger partial charge in [-0.2, -0.15) is 5.26 Å². The van der Waals surface area contributed by atoms with E-state index < -0.39 is 12.1 Å². The highest BCUT2D eigenvalue weighted by Crippen LogP contribution is 2.24. The van der Waals surface area contributed by atoms with Gasteiger partial charge in [0, 0.05) is 22.7 Å². The molecule has 1 atom stereocenters. The van der Waals surface area contributed by atoms with E-state index in [9.17, 15) is 9.90 Å². The fourth-order valence-corrected chi connectivity index (χ4v) is 1.58. The molecule has 0 aliphatic carbocycles. The number of hydrogen-bond donors (Lipinski definition) is 3. The van der Waals surface area contributed by atoms with Crippen LogP contribution in [0.25, 0.3) is 10.9 Å². The number of nitrogens with one attached hydrogen (secondary N) is 1. The van der Waals surface area contributed by atoms with E-state index in [0.29, 0.717) is 22.0 Å². The van der Waals surface area contributed by atoms with Crippen LogP contribution in [0.2, 0.25) is 0 Å². The minimum atomic E-state index is -1.55. The van der Waals surface area contributed by atoms with Gasteiger partial charge in [0.05, 0.1) is 11.6 Å². The van der Waals surface area contributed by atoms with Gasteiger partial charge in [-0.15, -0.1) is 0 Å². The summed E-state index contributed by atoms with van der Waals surface area (Å²) in [7, 11) is 0. The highest BCUT2D eigenvalue weighted by atomic mass is 16.4. The number of nitrogens with zero attached hydrogens (tertiary/aromatic N) is 1. The fraction of sp³-hybridized carbons (Fsp3) is 0.0909. The quantitative estimate of drug-likeness (QED) is 0.701. The summed E-state index contributed by atoms with van der Waals surface area (Å²) in [5.74, 6) is -1.30.